The Morgan fingerprint density at radius 3 is 2.74 bits per heavy atom. The number of halogens is 1. The molecule has 0 spiro atoms. The molecule has 0 radical (unpaired) electrons. The Balaban J connectivity index is 2.26. The van der Waals surface area contributed by atoms with Gasteiger partial charge < -0.3 is 16.0 Å². The van der Waals surface area contributed by atoms with Crippen molar-refractivity contribution in [3.8, 4) is 0 Å². The van der Waals surface area contributed by atoms with Crippen LogP contribution in [0.25, 0.3) is 0 Å². The zero-order valence-corrected chi connectivity index (χ0v) is 10.8. The third-order valence-corrected chi connectivity index (χ3v) is 2.39. The maximum atomic E-state index is 12.9. The summed E-state index contributed by atoms with van der Waals surface area (Å²) in [5.41, 5.74) is 0.370. The second-order valence-electron chi connectivity index (χ2n) is 4.04. The molecule has 19 heavy (non-hydrogen) atoms. The molecular weight excluding hydrogens is 249 g/mol. The number of nitrogens with one attached hydrogen (secondary N) is 3. The van der Waals surface area contributed by atoms with Crippen LogP contribution in [0.4, 0.5) is 10.1 Å². The van der Waals surface area contributed by atoms with Gasteiger partial charge in [0.15, 0.2) is 0 Å². The number of benzene rings is 1. The van der Waals surface area contributed by atoms with E-state index in [1.165, 1.54) is 18.2 Å². The van der Waals surface area contributed by atoms with E-state index in [2.05, 4.69) is 16.0 Å². The van der Waals surface area contributed by atoms with Crippen LogP contribution in [0.2, 0.25) is 0 Å². The summed E-state index contributed by atoms with van der Waals surface area (Å²) in [5, 5.41) is 7.93. The predicted octanol–water partition coefficient (Wildman–Crippen LogP) is 0.880. The molecule has 3 N–H and O–H groups in total. The Labute approximate surface area is 111 Å². The van der Waals surface area contributed by atoms with E-state index in [0.29, 0.717) is 18.5 Å². The summed E-state index contributed by atoms with van der Waals surface area (Å²) in [6, 6.07) is 5.59. The number of carbonyl (C=O) groups excluding carboxylic acids is 2. The van der Waals surface area contributed by atoms with Crippen LogP contribution >= 0.6 is 0 Å². The van der Waals surface area contributed by atoms with Crippen molar-refractivity contribution in [2.75, 3.05) is 25.5 Å². The molecule has 104 valence electrons. The van der Waals surface area contributed by atoms with Crippen LogP contribution in [-0.4, -0.2) is 32.0 Å². The second-order valence-corrected chi connectivity index (χ2v) is 4.04. The monoisotopic (exact) mass is 267 g/mol. The lowest BCUT2D eigenvalue weighted by molar-refractivity contribution is -0.124. The highest BCUT2D eigenvalue weighted by atomic mass is 19.1. The fourth-order valence-corrected chi connectivity index (χ4v) is 1.46. The summed E-state index contributed by atoms with van der Waals surface area (Å²) < 4.78 is 12.9. The van der Waals surface area contributed by atoms with Gasteiger partial charge in [0.25, 0.3) is 0 Å². The van der Waals surface area contributed by atoms with Crippen LogP contribution < -0.4 is 16.0 Å². The molecule has 1 aromatic carbocycles. The minimum absolute atomic E-state index is 0.116. The molecule has 0 saturated heterocycles. The minimum atomic E-state index is -0.422. The van der Waals surface area contributed by atoms with Crippen molar-refractivity contribution in [2.45, 2.75) is 12.8 Å². The molecule has 6 heteroatoms. The average Bonchev–Trinajstić information content (AvgIpc) is 2.37. The molecular formula is C13H18FN3O2. The maximum Gasteiger partial charge on any atom is 0.243 e. The van der Waals surface area contributed by atoms with E-state index in [1.807, 2.05) is 7.05 Å². The quantitative estimate of drug-likeness (QED) is 0.642. The van der Waals surface area contributed by atoms with Gasteiger partial charge in [-0.2, -0.15) is 0 Å². The van der Waals surface area contributed by atoms with E-state index >= 15 is 0 Å². The summed E-state index contributed by atoms with van der Waals surface area (Å²) in [5.74, 6) is -0.980. The van der Waals surface area contributed by atoms with E-state index in [0.717, 1.165) is 6.54 Å². The summed E-state index contributed by atoms with van der Waals surface area (Å²) in [7, 11) is 1.81. The molecule has 0 aliphatic heterocycles. The van der Waals surface area contributed by atoms with Crippen LogP contribution in [-0.2, 0) is 9.59 Å². The second kappa shape index (κ2) is 8.20. The van der Waals surface area contributed by atoms with Crippen LogP contribution in [0, 0.1) is 5.82 Å². The number of rotatable bonds is 7. The molecule has 0 fully saturated rings. The smallest absolute Gasteiger partial charge is 0.243 e. The lowest BCUT2D eigenvalue weighted by Gasteiger charge is -2.07. The molecule has 0 aliphatic carbocycles. The molecule has 0 aliphatic rings. The normalized spacial score (nSPS) is 10.0. The molecule has 0 saturated carbocycles. The van der Waals surface area contributed by atoms with E-state index < -0.39 is 5.82 Å². The Kier molecular flexibility index (Phi) is 6.52. The third-order valence-electron chi connectivity index (χ3n) is 2.39. The predicted molar refractivity (Wildman–Crippen MR) is 71.2 cm³/mol. The Hall–Kier alpha value is -1.95. The lowest BCUT2D eigenvalue weighted by Crippen LogP contribution is -2.33. The summed E-state index contributed by atoms with van der Waals surface area (Å²) in [4.78, 5) is 22.8. The van der Waals surface area contributed by atoms with Gasteiger partial charge in [0, 0.05) is 12.1 Å². The fraction of sp³-hybridized carbons (Fsp3) is 0.385. The number of amides is 2. The largest absolute Gasteiger partial charge is 0.347 e. The van der Waals surface area contributed by atoms with E-state index in [4.69, 9.17) is 0 Å². The van der Waals surface area contributed by atoms with Gasteiger partial charge in [-0.1, -0.05) is 6.07 Å². The van der Waals surface area contributed by atoms with Gasteiger partial charge in [0.2, 0.25) is 11.8 Å². The van der Waals surface area contributed by atoms with Gasteiger partial charge in [-0.15, -0.1) is 0 Å². The molecule has 0 bridgehead atoms. The van der Waals surface area contributed by atoms with Crippen molar-refractivity contribution >= 4 is 17.5 Å². The van der Waals surface area contributed by atoms with Gasteiger partial charge in [-0.25, -0.2) is 4.39 Å². The zero-order chi connectivity index (χ0) is 14.1. The average molecular weight is 267 g/mol. The van der Waals surface area contributed by atoms with Crippen LogP contribution in [0.3, 0.4) is 0 Å². The van der Waals surface area contributed by atoms with Crippen LogP contribution in [0.1, 0.15) is 12.8 Å². The van der Waals surface area contributed by atoms with Crippen molar-refractivity contribution in [1.82, 2.24) is 10.6 Å². The summed E-state index contributed by atoms with van der Waals surface area (Å²) in [6.07, 6.45) is 1.09. The first kappa shape index (κ1) is 15.1. The number of hydrogen-bond donors (Lipinski definition) is 3. The van der Waals surface area contributed by atoms with Crippen molar-refractivity contribution in [1.29, 1.82) is 0 Å². The Morgan fingerprint density at radius 1 is 1.26 bits per heavy atom. The third kappa shape index (κ3) is 6.52. The van der Waals surface area contributed by atoms with Crippen molar-refractivity contribution < 1.29 is 14.0 Å². The summed E-state index contributed by atoms with van der Waals surface area (Å²) in [6.45, 7) is 0.637. The lowest BCUT2D eigenvalue weighted by atomic mass is 10.3. The van der Waals surface area contributed by atoms with Gasteiger partial charge in [0.1, 0.15) is 5.82 Å². The molecule has 1 rings (SSSR count). The number of anilines is 1. The molecule has 2 amide bonds. The highest BCUT2D eigenvalue weighted by Gasteiger charge is 2.06. The van der Waals surface area contributed by atoms with Gasteiger partial charge in [-0.3, -0.25) is 9.59 Å². The molecule has 0 heterocycles. The van der Waals surface area contributed by atoms with Crippen molar-refractivity contribution in [2.24, 2.45) is 0 Å². The molecule has 5 nitrogen and oxygen atoms in total. The van der Waals surface area contributed by atoms with Crippen LogP contribution in [0.5, 0.6) is 0 Å². The van der Waals surface area contributed by atoms with Crippen molar-refractivity contribution in [3.05, 3.63) is 30.1 Å². The first-order valence-electron chi connectivity index (χ1n) is 6.08. The molecule has 0 unspecified atom stereocenters. The maximum absolute atomic E-state index is 12.9. The van der Waals surface area contributed by atoms with E-state index in [9.17, 15) is 14.0 Å². The highest BCUT2D eigenvalue weighted by Crippen LogP contribution is 2.08. The topological polar surface area (TPSA) is 70.2 Å². The van der Waals surface area contributed by atoms with E-state index in [1.54, 1.807) is 6.07 Å². The SMILES string of the molecule is CNCCCC(=O)NCC(=O)Nc1cccc(F)c1. The van der Waals surface area contributed by atoms with Crippen LogP contribution in [0.15, 0.2) is 24.3 Å². The molecule has 0 atom stereocenters. The zero-order valence-electron chi connectivity index (χ0n) is 10.8. The number of carbonyl (C=O) groups is 2. The minimum Gasteiger partial charge on any atom is -0.347 e. The first-order chi connectivity index (χ1) is 9.11. The standard InChI is InChI=1S/C13H18FN3O2/c1-15-7-3-6-12(18)16-9-13(19)17-11-5-2-4-10(14)8-11/h2,4-5,8,15H,3,6-7,9H2,1H3,(H,16,18)(H,17,19). The van der Waals surface area contributed by atoms with Gasteiger partial charge in [-0.05, 0) is 38.2 Å². The Morgan fingerprint density at radius 2 is 2.05 bits per heavy atom. The molecule has 0 aromatic heterocycles. The summed E-state index contributed by atoms with van der Waals surface area (Å²) >= 11 is 0. The van der Waals surface area contributed by atoms with Gasteiger partial charge in [0.05, 0.1) is 6.54 Å². The molecule has 1 aromatic rings. The van der Waals surface area contributed by atoms with E-state index in [-0.39, 0.29) is 18.4 Å². The first-order valence-corrected chi connectivity index (χ1v) is 6.08. The highest BCUT2D eigenvalue weighted by molar-refractivity contribution is 5.94. The van der Waals surface area contributed by atoms with Gasteiger partial charge >= 0.3 is 0 Å². The van der Waals surface area contributed by atoms with Crippen molar-refractivity contribution in [3.63, 3.8) is 0 Å². The Bertz CT molecular complexity index is 438. The number of hydrogen-bond acceptors (Lipinski definition) is 3. The fourth-order valence-electron chi connectivity index (χ4n) is 1.46.